The zero-order valence-electron chi connectivity index (χ0n) is 11.6. The van der Waals surface area contributed by atoms with Gasteiger partial charge in [0.1, 0.15) is 17.6 Å². The second-order valence-corrected chi connectivity index (χ2v) is 5.61. The summed E-state index contributed by atoms with van der Waals surface area (Å²) in [7, 11) is 0. The monoisotopic (exact) mass is 358 g/mol. The van der Waals surface area contributed by atoms with E-state index < -0.39 is 5.97 Å². The second kappa shape index (κ2) is 5.73. The Hall–Kier alpha value is -2.47. The van der Waals surface area contributed by atoms with E-state index in [4.69, 9.17) is 9.84 Å². The van der Waals surface area contributed by atoms with E-state index >= 15 is 0 Å². The van der Waals surface area contributed by atoms with Gasteiger partial charge in [-0.25, -0.2) is 14.8 Å². The third kappa shape index (κ3) is 2.78. The normalized spacial score (nSPS) is 10.6. The van der Waals surface area contributed by atoms with Crippen LogP contribution in [0.25, 0.3) is 10.9 Å². The predicted octanol–water partition coefficient (Wildman–Crippen LogP) is 4.19. The van der Waals surface area contributed by atoms with Crippen molar-refractivity contribution in [2.24, 2.45) is 0 Å². The van der Waals surface area contributed by atoms with Crippen molar-refractivity contribution in [1.29, 1.82) is 0 Å². The summed E-state index contributed by atoms with van der Waals surface area (Å²) in [6.07, 6.45) is 1.49. The third-order valence-electron chi connectivity index (χ3n) is 3.20. The van der Waals surface area contributed by atoms with Gasteiger partial charge in [0.05, 0.1) is 5.56 Å². The van der Waals surface area contributed by atoms with Crippen LogP contribution in [0.5, 0.6) is 11.5 Å². The maximum Gasteiger partial charge on any atom is 0.335 e. The number of carboxylic acid groups (broad SMARTS) is 1. The molecule has 6 heteroatoms. The Labute approximate surface area is 134 Å². The lowest BCUT2D eigenvalue weighted by molar-refractivity contribution is 0.0697. The highest BCUT2D eigenvalue weighted by molar-refractivity contribution is 9.10. The highest BCUT2D eigenvalue weighted by atomic mass is 79.9. The highest BCUT2D eigenvalue weighted by Crippen LogP contribution is 2.33. The van der Waals surface area contributed by atoms with Gasteiger partial charge in [-0.05, 0) is 43.3 Å². The average molecular weight is 359 g/mol. The van der Waals surface area contributed by atoms with Crippen LogP contribution in [0.4, 0.5) is 0 Å². The van der Waals surface area contributed by atoms with Gasteiger partial charge in [-0.3, -0.25) is 0 Å². The molecule has 0 aliphatic heterocycles. The third-order valence-corrected chi connectivity index (χ3v) is 3.65. The topological polar surface area (TPSA) is 72.3 Å². The number of carbonyl (C=O) groups is 1. The Balaban J connectivity index is 2.03. The molecule has 0 bridgehead atoms. The van der Waals surface area contributed by atoms with Crippen LogP contribution in [0, 0.1) is 6.92 Å². The summed E-state index contributed by atoms with van der Waals surface area (Å²) in [5, 5.41) is 9.81. The lowest BCUT2D eigenvalue weighted by Crippen LogP contribution is -1.96. The Morgan fingerprint density at radius 1 is 1.18 bits per heavy atom. The molecule has 3 rings (SSSR count). The minimum absolute atomic E-state index is 0.213. The number of aryl methyl sites for hydroxylation is 1. The molecular formula is C16H11BrN2O3. The Kier molecular flexibility index (Phi) is 3.77. The Morgan fingerprint density at radius 3 is 2.59 bits per heavy atom. The first-order valence-corrected chi connectivity index (χ1v) is 7.26. The van der Waals surface area contributed by atoms with Gasteiger partial charge >= 0.3 is 5.97 Å². The van der Waals surface area contributed by atoms with E-state index in [-0.39, 0.29) is 5.56 Å². The van der Waals surface area contributed by atoms with Crippen LogP contribution in [-0.2, 0) is 0 Å². The number of aromatic carboxylic acids is 1. The van der Waals surface area contributed by atoms with Crippen LogP contribution in [0.15, 0.2) is 47.2 Å². The van der Waals surface area contributed by atoms with E-state index in [0.29, 0.717) is 17.0 Å². The number of nitrogens with zero attached hydrogens (tertiary/aromatic N) is 2. The molecule has 0 saturated carbocycles. The standard InChI is InChI=1S/C16H11BrN2O3/c1-9-13-6-11(17)7-14(15(13)19-8-18-9)22-12-4-2-10(3-5-12)16(20)21/h2-8H,1H3,(H,20,21). The smallest absolute Gasteiger partial charge is 0.335 e. The van der Waals surface area contributed by atoms with Crippen molar-refractivity contribution in [2.75, 3.05) is 0 Å². The molecule has 0 amide bonds. The second-order valence-electron chi connectivity index (χ2n) is 4.69. The summed E-state index contributed by atoms with van der Waals surface area (Å²) in [5.41, 5.74) is 1.78. The quantitative estimate of drug-likeness (QED) is 0.759. The summed E-state index contributed by atoms with van der Waals surface area (Å²) in [5.74, 6) is 0.154. The van der Waals surface area contributed by atoms with E-state index in [9.17, 15) is 4.79 Å². The molecule has 1 aromatic heterocycles. The van der Waals surface area contributed by atoms with E-state index in [1.807, 2.05) is 19.1 Å². The average Bonchev–Trinajstić information content (AvgIpc) is 2.49. The van der Waals surface area contributed by atoms with Gasteiger partial charge in [0.25, 0.3) is 0 Å². The first-order valence-electron chi connectivity index (χ1n) is 6.46. The van der Waals surface area contributed by atoms with Crippen molar-refractivity contribution >= 4 is 32.8 Å². The van der Waals surface area contributed by atoms with Gasteiger partial charge in [0.15, 0.2) is 5.75 Å². The van der Waals surface area contributed by atoms with Gasteiger partial charge in [0.2, 0.25) is 0 Å². The largest absolute Gasteiger partial charge is 0.478 e. The summed E-state index contributed by atoms with van der Waals surface area (Å²) in [4.78, 5) is 19.3. The lowest BCUT2D eigenvalue weighted by atomic mass is 10.2. The van der Waals surface area contributed by atoms with Crippen LogP contribution < -0.4 is 4.74 Å². The number of rotatable bonds is 3. The van der Waals surface area contributed by atoms with Crippen LogP contribution in [0.3, 0.4) is 0 Å². The molecule has 1 N–H and O–H groups in total. The van der Waals surface area contributed by atoms with E-state index in [2.05, 4.69) is 25.9 Å². The first kappa shape index (κ1) is 14.5. The number of halogens is 1. The van der Waals surface area contributed by atoms with Crippen molar-refractivity contribution < 1.29 is 14.6 Å². The molecular weight excluding hydrogens is 348 g/mol. The first-order chi connectivity index (χ1) is 10.5. The number of carboxylic acids is 1. The summed E-state index contributed by atoms with van der Waals surface area (Å²) in [6.45, 7) is 1.90. The van der Waals surface area contributed by atoms with E-state index in [1.54, 1.807) is 12.1 Å². The number of aromatic nitrogens is 2. The maximum absolute atomic E-state index is 10.9. The molecule has 110 valence electrons. The fourth-order valence-corrected chi connectivity index (χ4v) is 2.53. The van der Waals surface area contributed by atoms with Crippen molar-refractivity contribution in [3.63, 3.8) is 0 Å². The van der Waals surface area contributed by atoms with Gasteiger partial charge in [-0.2, -0.15) is 0 Å². The lowest BCUT2D eigenvalue weighted by Gasteiger charge is -2.10. The molecule has 0 fully saturated rings. The Bertz CT molecular complexity index is 863. The van der Waals surface area contributed by atoms with E-state index in [0.717, 1.165) is 15.6 Å². The molecule has 0 spiro atoms. The van der Waals surface area contributed by atoms with Crippen molar-refractivity contribution in [3.8, 4) is 11.5 Å². The molecule has 3 aromatic rings. The molecule has 22 heavy (non-hydrogen) atoms. The van der Waals surface area contributed by atoms with Gasteiger partial charge < -0.3 is 9.84 Å². The van der Waals surface area contributed by atoms with Crippen LogP contribution >= 0.6 is 15.9 Å². The molecule has 0 unspecified atom stereocenters. The maximum atomic E-state index is 10.9. The van der Waals surface area contributed by atoms with Gasteiger partial charge in [-0.1, -0.05) is 15.9 Å². The van der Waals surface area contributed by atoms with Crippen molar-refractivity contribution in [1.82, 2.24) is 9.97 Å². The SMILES string of the molecule is Cc1ncnc2c(Oc3ccc(C(=O)O)cc3)cc(Br)cc12. The molecule has 0 radical (unpaired) electrons. The van der Waals surface area contributed by atoms with Crippen LogP contribution in [-0.4, -0.2) is 21.0 Å². The fraction of sp³-hybridized carbons (Fsp3) is 0.0625. The molecule has 0 aliphatic rings. The number of benzene rings is 2. The molecule has 5 nitrogen and oxygen atoms in total. The molecule has 1 heterocycles. The molecule has 0 aliphatic carbocycles. The van der Waals surface area contributed by atoms with Gasteiger partial charge in [-0.15, -0.1) is 0 Å². The molecule has 2 aromatic carbocycles. The zero-order valence-corrected chi connectivity index (χ0v) is 13.2. The summed E-state index contributed by atoms with van der Waals surface area (Å²) in [6, 6.07) is 9.98. The number of ether oxygens (including phenoxy) is 1. The predicted molar refractivity (Wildman–Crippen MR) is 85.5 cm³/mol. The van der Waals surface area contributed by atoms with Crippen LogP contribution in [0.1, 0.15) is 16.1 Å². The van der Waals surface area contributed by atoms with Crippen LogP contribution in [0.2, 0.25) is 0 Å². The zero-order chi connectivity index (χ0) is 15.7. The van der Waals surface area contributed by atoms with Crippen molar-refractivity contribution in [2.45, 2.75) is 6.92 Å². The van der Waals surface area contributed by atoms with E-state index in [1.165, 1.54) is 18.5 Å². The molecule has 0 atom stereocenters. The number of hydrogen-bond acceptors (Lipinski definition) is 4. The van der Waals surface area contributed by atoms with Gasteiger partial charge in [0, 0.05) is 15.6 Å². The minimum Gasteiger partial charge on any atom is -0.478 e. The Morgan fingerprint density at radius 2 is 1.91 bits per heavy atom. The van der Waals surface area contributed by atoms with Crippen molar-refractivity contribution in [3.05, 3.63) is 58.5 Å². The number of hydrogen-bond donors (Lipinski definition) is 1. The summed E-state index contributed by atoms with van der Waals surface area (Å²) >= 11 is 3.45. The fourth-order valence-electron chi connectivity index (χ4n) is 2.10. The molecule has 0 saturated heterocycles. The number of fused-ring (bicyclic) bond motifs is 1. The minimum atomic E-state index is -0.970. The highest BCUT2D eigenvalue weighted by Gasteiger charge is 2.10. The summed E-state index contributed by atoms with van der Waals surface area (Å²) < 4.78 is 6.71.